The zero-order valence-electron chi connectivity index (χ0n) is 19.8. The highest BCUT2D eigenvalue weighted by molar-refractivity contribution is 5.80. The minimum atomic E-state index is -0.313. The zero-order chi connectivity index (χ0) is 22.9. The molecule has 172 valence electrons. The van der Waals surface area contributed by atoms with Gasteiger partial charge >= 0.3 is 0 Å². The minimum absolute atomic E-state index is 0.103. The zero-order valence-corrected chi connectivity index (χ0v) is 19.8. The van der Waals surface area contributed by atoms with Gasteiger partial charge in [-0.25, -0.2) is 4.68 Å². The molecule has 4 rings (SSSR count). The van der Waals surface area contributed by atoms with Gasteiger partial charge in [-0.1, -0.05) is 13.8 Å². The van der Waals surface area contributed by atoms with E-state index in [2.05, 4.69) is 53.1 Å². The highest BCUT2D eigenvalue weighted by Crippen LogP contribution is 2.33. The van der Waals surface area contributed by atoms with Crippen LogP contribution in [0.5, 0.6) is 5.75 Å². The molecule has 1 aliphatic rings. The molecule has 1 fully saturated rings. The van der Waals surface area contributed by atoms with Crippen molar-refractivity contribution in [1.29, 1.82) is 0 Å². The van der Waals surface area contributed by atoms with Gasteiger partial charge < -0.3 is 9.72 Å². The summed E-state index contributed by atoms with van der Waals surface area (Å²) in [5.74, 6) is 2.19. The molecule has 1 saturated heterocycles. The molecule has 0 radical (unpaired) electrons. The maximum absolute atomic E-state index is 13.3. The Balaban J connectivity index is 1.87. The molecule has 1 aliphatic heterocycles. The third kappa shape index (κ3) is 4.28. The lowest BCUT2D eigenvalue weighted by Gasteiger charge is -2.37. The second-order valence-electron chi connectivity index (χ2n) is 9.47. The number of ether oxygens (including phenoxy) is 1. The van der Waals surface area contributed by atoms with Crippen molar-refractivity contribution in [1.82, 2.24) is 30.1 Å². The van der Waals surface area contributed by atoms with Crippen molar-refractivity contribution < 1.29 is 4.74 Å². The third-order valence-electron chi connectivity index (χ3n) is 6.81. The summed E-state index contributed by atoms with van der Waals surface area (Å²) in [4.78, 5) is 18.8. The highest BCUT2D eigenvalue weighted by atomic mass is 16.5. The number of hydrogen-bond donors (Lipinski definition) is 1. The van der Waals surface area contributed by atoms with Gasteiger partial charge in [0.25, 0.3) is 5.56 Å². The number of tetrazole rings is 1. The van der Waals surface area contributed by atoms with Crippen molar-refractivity contribution in [2.24, 2.45) is 5.92 Å². The fourth-order valence-electron chi connectivity index (χ4n) is 4.39. The monoisotopic (exact) mass is 438 g/mol. The van der Waals surface area contributed by atoms with E-state index in [1.807, 2.05) is 35.9 Å². The topological polar surface area (TPSA) is 88.9 Å². The maximum Gasteiger partial charge on any atom is 0.253 e. The van der Waals surface area contributed by atoms with Crippen LogP contribution in [0.1, 0.15) is 71.3 Å². The second-order valence-corrected chi connectivity index (χ2v) is 9.47. The van der Waals surface area contributed by atoms with Crippen LogP contribution in [-0.2, 0) is 5.54 Å². The molecular weight excluding hydrogens is 404 g/mol. The second kappa shape index (κ2) is 9.02. The molecule has 0 amide bonds. The van der Waals surface area contributed by atoms with E-state index in [0.717, 1.165) is 54.8 Å². The molecule has 1 N–H and O–H groups in total. The quantitative estimate of drug-likeness (QED) is 0.602. The lowest BCUT2D eigenvalue weighted by Crippen LogP contribution is -2.41. The first-order valence-corrected chi connectivity index (χ1v) is 11.7. The summed E-state index contributed by atoms with van der Waals surface area (Å²) in [6.07, 6.45) is 3.06. The smallest absolute Gasteiger partial charge is 0.253 e. The molecule has 0 spiro atoms. The number of benzene rings is 1. The summed E-state index contributed by atoms with van der Waals surface area (Å²) in [6.45, 7) is 13.0. The Kier molecular flexibility index (Phi) is 6.33. The number of likely N-dealkylation sites (tertiary alicyclic amines) is 1. The van der Waals surface area contributed by atoms with E-state index in [9.17, 15) is 4.79 Å². The summed E-state index contributed by atoms with van der Waals surface area (Å²) in [5, 5.41) is 13.8. The molecule has 0 saturated carbocycles. The van der Waals surface area contributed by atoms with Crippen LogP contribution in [-0.4, -0.2) is 49.8 Å². The molecule has 8 nitrogen and oxygen atoms in total. The molecular formula is C24H34N6O2. The normalized spacial score (nSPS) is 17.0. The largest absolute Gasteiger partial charge is 0.494 e. The lowest BCUT2D eigenvalue weighted by atomic mass is 9.94. The Labute approximate surface area is 189 Å². The van der Waals surface area contributed by atoms with Crippen LogP contribution in [0, 0.1) is 5.92 Å². The summed E-state index contributed by atoms with van der Waals surface area (Å²) in [6, 6.07) is 7.43. The molecule has 1 atom stereocenters. The van der Waals surface area contributed by atoms with Crippen molar-refractivity contribution in [2.75, 3.05) is 19.7 Å². The summed E-state index contributed by atoms with van der Waals surface area (Å²) >= 11 is 0. The summed E-state index contributed by atoms with van der Waals surface area (Å²) in [5.41, 5.74) is 1.10. The SMILES string of the molecule is CCOc1ccc2[nH]c(=O)c(C(c3nnnn3C(C)(C)CC)N3CCC(C)CC3)cc2c1. The van der Waals surface area contributed by atoms with E-state index in [1.54, 1.807) is 0 Å². The third-order valence-corrected chi connectivity index (χ3v) is 6.81. The molecule has 1 aromatic carbocycles. The molecule has 1 unspecified atom stereocenters. The fraction of sp³-hybridized carbons (Fsp3) is 0.583. The first-order chi connectivity index (χ1) is 15.3. The number of rotatable bonds is 7. The standard InChI is InChI=1S/C24H34N6O2/c1-6-24(4,5)30-22(26-27-28-30)21(29-12-10-16(3)11-13-29)19-15-17-14-18(32-7-2)8-9-20(17)25-23(19)31/h8-9,14-16,21H,6-7,10-13H2,1-5H3,(H,25,31). The van der Waals surface area contributed by atoms with Gasteiger partial charge in [-0.05, 0) is 93.7 Å². The van der Waals surface area contributed by atoms with Gasteiger partial charge in [0.1, 0.15) is 11.8 Å². The number of fused-ring (bicyclic) bond motifs is 1. The van der Waals surface area contributed by atoms with E-state index in [4.69, 9.17) is 4.74 Å². The first-order valence-electron chi connectivity index (χ1n) is 11.7. The average Bonchev–Trinajstić information content (AvgIpc) is 3.26. The molecule has 32 heavy (non-hydrogen) atoms. The Morgan fingerprint density at radius 2 is 1.97 bits per heavy atom. The van der Waals surface area contributed by atoms with E-state index in [1.165, 1.54) is 0 Å². The highest BCUT2D eigenvalue weighted by Gasteiger charge is 2.35. The summed E-state index contributed by atoms with van der Waals surface area (Å²) < 4.78 is 7.58. The van der Waals surface area contributed by atoms with Gasteiger partial charge in [0.15, 0.2) is 5.82 Å². The predicted octanol–water partition coefficient (Wildman–Crippen LogP) is 3.88. The number of piperidine rings is 1. The van der Waals surface area contributed by atoms with E-state index >= 15 is 0 Å². The van der Waals surface area contributed by atoms with E-state index in [0.29, 0.717) is 18.1 Å². The number of aromatic amines is 1. The summed E-state index contributed by atoms with van der Waals surface area (Å²) in [7, 11) is 0. The molecule has 0 bridgehead atoms. The van der Waals surface area contributed by atoms with Gasteiger partial charge in [0.2, 0.25) is 0 Å². The minimum Gasteiger partial charge on any atom is -0.494 e. The molecule has 3 heterocycles. The van der Waals surface area contributed by atoms with E-state index in [-0.39, 0.29) is 17.1 Å². The van der Waals surface area contributed by atoms with Crippen molar-refractivity contribution in [3.8, 4) is 5.75 Å². The molecule has 2 aromatic heterocycles. The number of aromatic nitrogens is 5. The van der Waals surface area contributed by atoms with Gasteiger partial charge in [0.05, 0.1) is 12.1 Å². The van der Waals surface area contributed by atoms with Crippen LogP contribution < -0.4 is 10.3 Å². The Bertz CT molecular complexity index is 1130. The van der Waals surface area contributed by atoms with Crippen molar-refractivity contribution in [2.45, 2.75) is 65.5 Å². The number of nitrogens with one attached hydrogen (secondary N) is 1. The maximum atomic E-state index is 13.3. The molecule has 0 aliphatic carbocycles. The van der Waals surface area contributed by atoms with Crippen LogP contribution >= 0.6 is 0 Å². The fourth-order valence-corrected chi connectivity index (χ4v) is 4.39. The molecule has 3 aromatic rings. The van der Waals surface area contributed by atoms with Crippen molar-refractivity contribution in [3.05, 3.63) is 46.0 Å². The van der Waals surface area contributed by atoms with Crippen molar-refractivity contribution >= 4 is 10.9 Å². The van der Waals surface area contributed by atoms with Gasteiger partial charge in [-0.15, -0.1) is 5.10 Å². The van der Waals surface area contributed by atoms with Gasteiger partial charge in [-0.2, -0.15) is 0 Å². The van der Waals surface area contributed by atoms with Crippen LogP contribution in [0.15, 0.2) is 29.1 Å². The lowest BCUT2D eigenvalue weighted by molar-refractivity contribution is 0.143. The van der Waals surface area contributed by atoms with Gasteiger partial charge in [-0.3, -0.25) is 9.69 Å². The number of H-pyrrole nitrogens is 1. The number of hydrogen-bond acceptors (Lipinski definition) is 6. The molecule has 8 heteroatoms. The van der Waals surface area contributed by atoms with Crippen LogP contribution in [0.4, 0.5) is 0 Å². The van der Waals surface area contributed by atoms with Gasteiger partial charge in [0, 0.05) is 16.5 Å². The first kappa shape index (κ1) is 22.5. The Hall–Kier alpha value is -2.74. The van der Waals surface area contributed by atoms with E-state index < -0.39 is 0 Å². The van der Waals surface area contributed by atoms with Crippen LogP contribution in [0.3, 0.4) is 0 Å². The average molecular weight is 439 g/mol. The van der Waals surface area contributed by atoms with Crippen molar-refractivity contribution in [3.63, 3.8) is 0 Å². The Morgan fingerprint density at radius 1 is 1.22 bits per heavy atom. The Morgan fingerprint density at radius 3 is 2.66 bits per heavy atom. The predicted molar refractivity (Wildman–Crippen MR) is 125 cm³/mol. The van der Waals surface area contributed by atoms with Crippen LogP contribution in [0.25, 0.3) is 10.9 Å². The van der Waals surface area contributed by atoms with Crippen LogP contribution in [0.2, 0.25) is 0 Å². The number of nitrogens with zero attached hydrogens (tertiary/aromatic N) is 5. The number of pyridine rings is 1.